The average Bonchev–Trinajstić information content (AvgIpc) is 2.49. The molecule has 0 amide bonds. The number of para-hydroxylation sites is 2. The predicted molar refractivity (Wildman–Crippen MR) is 81.4 cm³/mol. The highest BCUT2D eigenvalue weighted by Gasteiger charge is 2.26. The van der Waals surface area contributed by atoms with Crippen molar-refractivity contribution in [2.75, 3.05) is 4.90 Å². The van der Waals surface area contributed by atoms with Crippen LogP contribution in [0, 0.1) is 0 Å². The fourth-order valence-corrected chi connectivity index (χ4v) is 2.32. The third kappa shape index (κ3) is 3.18. The molecular formula is C17H19NO2. The molecule has 0 aromatic heterocycles. The lowest BCUT2D eigenvalue weighted by atomic mass is 10.1. The van der Waals surface area contributed by atoms with E-state index < -0.39 is 12.0 Å². The quantitative estimate of drug-likeness (QED) is 0.859. The van der Waals surface area contributed by atoms with Gasteiger partial charge in [0, 0.05) is 11.4 Å². The van der Waals surface area contributed by atoms with Gasteiger partial charge in [0.25, 0.3) is 0 Å². The van der Waals surface area contributed by atoms with Crippen molar-refractivity contribution in [3.8, 4) is 0 Å². The molecule has 0 radical (unpaired) electrons. The van der Waals surface area contributed by atoms with E-state index in [9.17, 15) is 9.90 Å². The summed E-state index contributed by atoms with van der Waals surface area (Å²) in [6, 6.07) is 18.8. The van der Waals surface area contributed by atoms with Crippen LogP contribution in [-0.4, -0.2) is 17.1 Å². The molecule has 3 nitrogen and oxygen atoms in total. The third-order valence-electron chi connectivity index (χ3n) is 3.23. The molecule has 0 aliphatic rings. The summed E-state index contributed by atoms with van der Waals surface area (Å²) in [4.78, 5) is 13.5. The Bertz CT molecular complexity index is 500. The Morgan fingerprint density at radius 1 is 1.00 bits per heavy atom. The summed E-state index contributed by atoms with van der Waals surface area (Å²) in [5.74, 6) is -0.792. The molecule has 0 heterocycles. The Balaban J connectivity index is 2.46. The first-order valence-electron chi connectivity index (χ1n) is 6.86. The van der Waals surface area contributed by atoms with Crippen LogP contribution in [0.4, 0.5) is 11.4 Å². The molecule has 0 spiro atoms. The smallest absolute Gasteiger partial charge is 0.326 e. The average molecular weight is 269 g/mol. The molecule has 0 bridgehead atoms. The molecule has 1 N–H and O–H groups in total. The van der Waals surface area contributed by atoms with Gasteiger partial charge in [-0.15, -0.1) is 0 Å². The van der Waals surface area contributed by atoms with E-state index in [0.29, 0.717) is 6.42 Å². The lowest BCUT2D eigenvalue weighted by molar-refractivity contribution is -0.138. The minimum Gasteiger partial charge on any atom is -0.480 e. The second-order valence-electron chi connectivity index (χ2n) is 4.68. The van der Waals surface area contributed by atoms with Crippen molar-refractivity contribution in [2.24, 2.45) is 0 Å². The van der Waals surface area contributed by atoms with Crippen LogP contribution in [-0.2, 0) is 4.79 Å². The zero-order valence-electron chi connectivity index (χ0n) is 11.6. The van der Waals surface area contributed by atoms with Gasteiger partial charge in [0.1, 0.15) is 6.04 Å². The van der Waals surface area contributed by atoms with Crippen LogP contribution in [0.5, 0.6) is 0 Å². The van der Waals surface area contributed by atoms with Gasteiger partial charge < -0.3 is 10.0 Å². The predicted octanol–water partition coefficient (Wildman–Crippen LogP) is 4.08. The van der Waals surface area contributed by atoms with Crippen LogP contribution in [0.3, 0.4) is 0 Å². The standard InChI is InChI=1S/C17H19NO2/c1-2-9-16(17(19)20)18(14-10-5-3-6-11-14)15-12-7-4-8-13-15/h3-8,10-13,16H,2,9H2,1H3,(H,19,20). The van der Waals surface area contributed by atoms with Gasteiger partial charge in [-0.3, -0.25) is 0 Å². The molecule has 1 unspecified atom stereocenters. The maximum absolute atomic E-state index is 11.6. The first kappa shape index (κ1) is 14.1. The molecule has 20 heavy (non-hydrogen) atoms. The highest BCUT2D eigenvalue weighted by atomic mass is 16.4. The van der Waals surface area contributed by atoms with E-state index in [-0.39, 0.29) is 0 Å². The summed E-state index contributed by atoms with van der Waals surface area (Å²) in [5, 5.41) is 9.56. The zero-order chi connectivity index (χ0) is 14.4. The molecule has 2 aromatic carbocycles. The van der Waals surface area contributed by atoms with Gasteiger partial charge >= 0.3 is 5.97 Å². The third-order valence-corrected chi connectivity index (χ3v) is 3.23. The van der Waals surface area contributed by atoms with E-state index in [2.05, 4.69) is 0 Å². The van der Waals surface area contributed by atoms with Gasteiger partial charge in [0.2, 0.25) is 0 Å². The molecule has 3 heteroatoms. The fourth-order valence-electron chi connectivity index (χ4n) is 2.32. The van der Waals surface area contributed by atoms with Crippen molar-refractivity contribution >= 4 is 17.3 Å². The number of anilines is 2. The molecule has 2 rings (SSSR count). The van der Waals surface area contributed by atoms with Gasteiger partial charge in [-0.1, -0.05) is 49.7 Å². The van der Waals surface area contributed by atoms with Crippen molar-refractivity contribution in [1.82, 2.24) is 0 Å². The first-order chi connectivity index (χ1) is 9.74. The van der Waals surface area contributed by atoms with Crippen molar-refractivity contribution < 1.29 is 9.90 Å². The minimum atomic E-state index is -0.792. The number of aliphatic carboxylic acids is 1. The fraction of sp³-hybridized carbons (Fsp3) is 0.235. The van der Waals surface area contributed by atoms with E-state index in [1.807, 2.05) is 72.5 Å². The zero-order valence-corrected chi connectivity index (χ0v) is 11.6. The molecule has 0 saturated carbocycles. The first-order valence-corrected chi connectivity index (χ1v) is 6.86. The maximum atomic E-state index is 11.6. The summed E-state index contributed by atoms with van der Waals surface area (Å²) >= 11 is 0. The van der Waals surface area contributed by atoms with Crippen LogP contribution in [0.25, 0.3) is 0 Å². The van der Waals surface area contributed by atoms with E-state index in [4.69, 9.17) is 0 Å². The lowest BCUT2D eigenvalue weighted by Gasteiger charge is -2.31. The Hall–Kier alpha value is -2.29. The van der Waals surface area contributed by atoms with Gasteiger partial charge in [-0.05, 0) is 30.7 Å². The monoisotopic (exact) mass is 269 g/mol. The van der Waals surface area contributed by atoms with Gasteiger partial charge in [-0.2, -0.15) is 0 Å². The van der Waals surface area contributed by atoms with E-state index in [1.165, 1.54) is 0 Å². The maximum Gasteiger partial charge on any atom is 0.326 e. The Morgan fingerprint density at radius 2 is 1.45 bits per heavy atom. The summed E-state index contributed by atoms with van der Waals surface area (Å²) < 4.78 is 0. The largest absolute Gasteiger partial charge is 0.480 e. The number of hydrogen-bond acceptors (Lipinski definition) is 2. The molecule has 0 aliphatic carbocycles. The number of rotatable bonds is 6. The molecular weight excluding hydrogens is 250 g/mol. The molecule has 0 saturated heterocycles. The van der Waals surface area contributed by atoms with Crippen LogP contribution in [0.2, 0.25) is 0 Å². The lowest BCUT2D eigenvalue weighted by Crippen LogP contribution is -2.38. The van der Waals surface area contributed by atoms with Crippen LogP contribution in [0.1, 0.15) is 19.8 Å². The van der Waals surface area contributed by atoms with Crippen molar-refractivity contribution in [3.05, 3.63) is 60.7 Å². The van der Waals surface area contributed by atoms with E-state index in [0.717, 1.165) is 17.8 Å². The minimum absolute atomic E-state index is 0.551. The molecule has 0 aliphatic heterocycles. The van der Waals surface area contributed by atoms with Gasteiger partial charge in [0.05, 0.1) is 0 Å². The van der Waals surface area contributed by atoms with E-state index >= 15 is 0 Å². The number of hydrogen-bond donors (Lipinski definition) is 1. The summed E-state index contributed by atoms with van der Waals surface area (Å²) in [5.41, 5.74) is 1.80. The summed E-state index contributed by atoms with van der Waals surface area (Å²) in [6.07, 6.45) is 1.44. The Kier molecular flexibility index (Phi) is 4.77. The Labute approximate surface area is 119 Å². The molecule has 2 aromatic rings. The number of benzene rings is 2. The number of carboxylic acids is 1. The van der Waals surface area contributed by atoms with Crippen LogP contribution < -0.4 is 4.90 Å². The second-order valence-corrected chi connectivity index (χ2v) is 4.68. The summed E-state index contributed by atoms with van der Waals surface area (Å²) in [7, 11) is 0. The van der Waals surface area contributed by atoms with Crippen molar-refractivity contribution in [1.29, 1.82) is 0 Å². The van der Waals surface area contributed by atoms with Crippen molar-refractivity contribution in [3.63, 3.8) is 0 Å². The van der Waals surface area contributed by atoms with Gasteiger partial charge in [0.15, 0.2) is 0 Å². The van der Waals surface area contributed by atoms with E-state index in [1.54, 1.807) is 0 Å². The summed E-state index contributed by atoms with van der Waals surface area (Å²) in [6.45, 7) is 2.00. The van der Waals surface area contributed by atoms with Crippen molar-refractivity contribution in [2.45, 2.75) is 25.8 Å². The molecule has 104 valence electrons. The topological polar surface area (TPSA) is 40.5 Å². The molecule has 1 atom stereocenters. The Morgan fingerprint density at radius 3 is 1.80 bits per heavy atom. The SMILES string of the molecule is CCCC(C(=O)O)N(c1ccccc1)c1ccccc1. The number of nitrogens with zero attached hydrogens (tertiary/aromatic N) is 1. The second kappa shape index (κ2) is 6.75. The highest BCUT2D eigenvalue weighted by molar-refractivity contribution is 5.82. The van der Waals surface area contributed by atoms with Crippen LogP contribution in [0.15, 0.2) is 60.7 Å². The highest BCUT2D eigenvalue weighted by Crippen LogP contribution is 2.29. The number of carbonyl (C=O) groups is 1. The normalized spacial score (nSPS) is 11.8. The van der Waals surface area contributed by atoms with Gasteiger partial charge in [-0.25, -0.2) is 4.79 Å². The molecule has 0 fully saturated rings. The number of carboxylic acid groups (broad SMARTS) is 1. The van der Waals surface area contributed by atoms with Crippen LogP contribution >= 0.6 is 0 Å².